The van der Waals surface area contributed by atoms with Gasteiger partial charge < -0.3 is 9.84 Å². The Morgan fingerprint density at radius 3 is 2.72 bits per heavy atom. The number of rotatable bonds is 6. The van der Waals surface area contributed by atoms with E-state index in [2.05, 4.69) is 10.3 Å². The lowest BCUT2D eigenvalue weighted by Crippen LogP contribution is -2.43. The van der Waals surface area contributed by atoms with E-state index in [0.29, 0.717) is 4.88 Å². The number of carboxylic acid groups (broad SMARTS) is 1. The number of aliphatic carboxylic acids is 1. The highest BCUT2D eigenvalue weighted by atomic mass is 32.2. The van der Waals surface area contributed by atoms with Crippen molar-refractivity contribution in [1.29, 1.82) is 0 Å². The van der Waals surface area contributed by atoms with Crippen molar-refractivity contribution in [2.75, 3.05) is 18.1 Å². The number of carboxylic acids is 1. The molecule has 1 aromatic heterocycles. The molecule has 12 heteroatoms. The normalized spacial score (nSPS) is 15.9. The van der Waals surface area contributed by atoms with E-state index in [1.807, 2.05) is 0 Å². The summed E-state index contributed by atoms with van der Waals surface area (Å²) in [4.78, 5) is 40.0. The van der Waals surface area contributed by atoms with Crippen LogP contribution in [0.1, 0.15) is 39.4 Å². The third-order valence-electron chi connectivity index (χ3n) is 5.25. The fraction of sp³-hybridized carbons (Fsp3) is 0.350. The molecule has 10 nitrogen and oxygen atoms in total. The molecule has 0 spiro atoms. The lowest BCUT2D eigenvalue weighted by Gasteiger charge is -2.28. The maximum absolute atomic E-state index is 12.7. The molecule has 32 heavy (non-hydrogen) atoms. The van der Waals surface area contributed by atoms with E-state index >= 15 is 0 Å². The van der Waals surface area contributed by atoms with Crippen LogP contribution in [0.25, 0.3) is 0 Å². The summed E-state index contributed by atoms with van der Waals surface area (Å²) in [7, 11) is -4.19. The van der Waals surface area contributed by atoms with E-state index in [1.54, 1.807) is 6.07 Å². The Bertz CT molecular complexity index is 1170. The summed E-state index contributed by atoms with van der Waals surface area (Å²) in [6.07, 6.45) is 5.13. The Labute approximate surface area is 188 Å². The fourth-order valence-corrected chi connectivity index (χ4v) is 5.68. The van der Waals surface area contributed by atoms with Gasteiger partial charge in [-0.2, -0.15) is 0 Å². The minimum absolute atomic E-state index is 0.0276. The zero-order chi connectivity index (χ0) is 22.9. The van der Waals surface area contributed by atoms with Crippen LogP contribution in [0.4, 0.5) is 5.69 Å². The van der Waals surface area contributed by atoms with Gasteiger partial charge in [0.1, 0.15) is 12.3 Å². The average molecular weight is 480 g/mol. The molecule has 1 aromatic carbocycles. The molecule has 3 N–H and O–H groups in total. The first-order valence-corrected chi connectivity index (χ1v) is 12.3. The quantitative estimate of drug-likeness (QED) is 0.420. The summed E-state index contributed by atoms with van der Waals surface area (Å²) in [5.41, 5.74) is 3.39. The number of sulfonamides is 1. The molecular weight excluding hydrogens is 458 g/mol. The molecular formula is C20H21N3O7S2. The number of fused-ring (bicyclic) bond motifs is 2. The minimum atomic E-state index is -4.19. The van der Waals surface area contributed by atoms with Crippen molar-refractivity contribution in [3.63, 3.8) is 0 Å². The van der Waals surface area contributed by atoms with Crippen molar-refractivity contribution in [2.45, 2.75) is 37.0 Å². The van der Waals surface area contributed by atoms with Crippen molar-refractivity contribution in [3.8, 4) is 5.75 Å². The van der Waals surface area contributed by atoms with Crippen LogP contribution in [0, 0.1) is 0 Å². The molecule has 170 valence electrons. The fourth-order valence-electron chi connectivity index (χ4n) is 3.67. The van der Waals surface area contributed by atoms with Crippen LogP contribution >= 0.6 is 11.3 Å². The number of carbonyl (C=O) groups is 3. The van der Waals surface area contributed by atoms with Crippen molar-refractivity contribution in [2.24, 2.45) is 0 Å². The molecule has 2 aromatic rings. The zero-order valence-electron chi connectivity index (χ0n) is 16.9. The Morgan fingerprint density at radius 2 is 1.94 bits per heavy atom. The Morgan fingerprint density at radius 1 is 1.16 bits per heavy atom. The number of hydrogen-bond acceptors (Lipinski definition) is 7. The van der Waals surface area contributed by atoms with Gasteiger partial charge in [0.2, 0.25) is 0 Å². The number of amides is 2. The SMILES string of the molecule is O=C(O)CN1C(=O)COc2ccc(S(=O)(=O)NNC(=O)c3cc4c(s3)CCCCC4)cc21. The largest absolute Gasteiger partial charge is 0.482 e. The van der Waals surface area contributed by atoms with Crippen molar-refractivity contribution >= 4 is 44.8 Å². The molecule has 2 aliphatic rings. The Hall–Kier alpha value is -2.96. The van der Waals surface area contributed by atoms with Gasteiger partial charge in [-0.3, -0.25) is 24.7 Å². The second kappa shape index (κ2) is 8.88. The molecule has 0 unspecified atom stereocenters. The molecule has 1 aliphatic carbocycles. The highest BCUT2D eigenvalue weighted by Crippen LogP contribution is 2.34. The molecule has 0 saturated carbocycles. The van der Waals surface area contributed by atoms with Crippen LogP contribution in [-0.2, 0) is 32.5 Å². The predicted octanol–water partition coefficient (Wildman–Crippen LogP) is 1.45. The van der Waals surface area contributed by atoms with Gasteiger partial charge in [0.05, 0.1) is 15.5 Å². The van der Waals surface area contributed by atoms with Gasteiger partial charge in [0, 0.05) is 4.88 Å². The Balaban J connectivity index is 1.50. The van der Waals surface area contributed by atoms with Gasteiger partial charge in [0.25, 0.3) is 21.8 Å². The van der Waals surface area contributed by atoms with E-state index in [-0.39, 0.29) is 22.9 Å². The van der Waals surface area contributed by atoms with E-state index in [1.165, 1.54) is 23.5 Å². The molecule has 4 rings (SSSR count). The van der Waals surface area contributed by atoms with Gasteiger partial charge in [0.15, 0.2) is 6.61 Å². The monoisotopic (exact) mass is 479 g/mol. The highest BCUT2D eigenvalue weighted by Gasteiger charge is 2.29. The second-order valence-electron chi connectivity index (χ2n) is 7.47. The summed E-state index contributed by atoms with van der Waals surface area (Å²) in [6.45, 7) is -0.975. The van der Waals surface area contributed by atoms with Crippen LogP contribution in [0.15, 0.2) is 29.2 Å². The summed E-state index contributed by atoms with van der Waals surface area (Å²) < 4.78 is 30.7. The standard InChI is InChI=1S/C20H21N3O7S2/c24-18-11-30-15-7-6-13(9-14(15)23(18)10-19(25)26)32(28,29)22-21-20(27)17-8-12-4-2-1-3-5-16(12)31-17/h6-9,22H,1-5,10-11H2,(H,21,27)(H,25,26). The van der Waals surface area contributed by atoms with Gasteiger partial charge in [-0.15, -0.1) is 16.2 Å². The topological polar surface area (TPSA) is 142 Å². The molecule has 0 radical (unpaired) electrons. The summed E-state index contributed by atoms with van der Waals surface area (Å²) in [6, 6.07) is 5.52. The van der Waals surface area contributed by atoms with E-state index < -0.39 is 34.4 Å². The smallest absolute Gasteiger partial charge is 0.323 e. The van der Waals surface area contributed by atoms with Gasteiger partial charge >= 0.3 is 5.97 Å². The molecule has 0 bridgehead atoms. The molecule has 0 fully saturated rings. The lowest BCUT2D eigenvalue weighted by atomic mass is 10.1. The number of nitrogens with zero attached hydrogens (tertiary/aromatic N) is 1. The van der Waals surface area contributed by atoms with E-state index in [4.69, 9.17) is 9.84 Å². The van der Waals surface area contributed by atoms with Crippen LogP contribution < -0.4 is 19.9 Å². The zero-order valence-corrected chi connectivity index (χ0v) is 18.6. The minimum Gasteiger partial charge on any atom is -0.482 e. The maximum Gasteiger partial charge on any atom is 0.323 e. The van der Waals surface area contributed by atoms with Crippen molar-refractivity contribution in [3.05, 3.63) is 39.6 Å². The predicted molar refractivity (Wildman–Crippen MR) is 115 cm³/mol. The number of benzene rings is 1. The summed E-state index contributed by atoms with van der Waals surface area (Å²) >= 11 is 1.36. The molecule has 1 aliphatic heterocycles. The lowest BCUT2D eigenvalue weighted by molar-refractivity contribution is -0.137. The number of nitrogens with one attached hydrogen (secondary N) is 2. The number of thiophene rings is 1. The van der Waals surface area contributed by atoms with Crippen LogP contribution in [-0.4, -0.2) is 44.5 Å². The maximum atomic E-state index is 12.7. The van der Waals surface area contributed by atoms with E-state index in [9.17, 15) is 22.8 Å². The number of aryl methyl sites for hydroxylation is 2. The molecule has 0 saturated heterocycles. The van der Waals surface area contributed by atoms with Crippen LogP contribution in [0.3, 0.4) is 0 Å². The third-order valence-corrected chi connectivity index (χ3v) is 7.73. The number of ether oxygens (including phenoxy) is 1. The number of anilines is 1. The first-order valence-electron chi connectivity index (χ1n) is 9.97. The van der Waals surface area contributed by atoms with Gasteiger partial charge in [-0.25, -0.2) is 8.42 Å². The third kappa shape index (κ3) is 4.61. The second-order valence-corrected chi connectivity index (χ2v) is 10.3. The first kappa shape index (κ1) is 22.2. The summed E-state index contributed by atoms with van der Waals surface area (Å²) in [5, 5.41) is 9.06. The average Bonchev–Trinajstić information content (AvgIpc) is 3.04. The number of hydrogen-bond donors (Lipinski definition) is 3. The Kier molecular flexibility index (Phi) is 6.17. The first-order chi connectivity index (χ1) is 15.2. The number of carbonyl (C=O) groups excluding carboxylic acids is 2. The van der Waals surface area contributed by atoms with Crippen molar-refractivity contribution in [1.82, 2.24) is 10.3 Å². The number of hydrazine groups is 1. The van der Waals surface area contributed by atoms with E-state index in [0.717, 1.165) is 53.5 Å². The van der Waals surface area contributed by atoms with Gasteiger partial charge in [-0.1, -0.05) is 6.42 Å². The van der Waals surface area contributed by atoms with Crippen LogP contribution in [0.2, 0.25) is 0 Å². The van der Waals surface area contributed by atoms with Crippen LogP contribution in [0.5, 0.6) is 5.75 Å². The molecule has 2 heterocycles. The summed E-state index contributed by atoms with van der Waals surface area (Å²) in [5.74, 6) is -2.23. The molecule has 0 atom stereocenters. The van der Waals surface area contributed by atoms with Gasteiger partial charge in [-0.05, 0) is 55.5 Å². The van der Waals surface area contributed by atoms with Crippen molar-refractivity contribution < 1.29 is 32.6 Å². The molecule has 2 amide bonds. The highest BCUT2D eigenvalue weighted by molar-refractivity contribution is 7.89.